The first-order valence-electron chi connectivity index (χ1n) is 5.63. The average molecular weight is 228 g/mol. The van der Waals surface area contributed by atoms with Crippen LogP contribution >= 0.6 is 11.8 Å². The van der Waals surface area contributed by atoms with E-state index >= 15 is 0 Å². The first kappa shape index (κ1) is 12.7. The number of aliphatic hydroxyl groups excluding tert-OH is 1. The van der Waals surface area contributed by atoms with Gasteiger partial charge >= 0.3 is 0 Å². The van der Waals surface area contributed by atoms with Gasteiger partial charge in [0.05, 0.1) is 0 Å². The zero-order chi connectivity index (χ0) is 11.3. The molecule has 1 aromatic heterocycles. The van der Waals surface area contributed by atoms with Gasteiger partial charge in [0, 0.05) is 5.25 Å². The molecule has 2 atom stereocenters. The molecule has 0 radical (unpaired) electrons. The van der Waals surface area contributed by atoms with Crippen molar-refractivity contribution in [3.63, 3.8) is 0 Å². The molecular formula is C12H20O2S. The number of rotatable bonds is 2. The molecule has 1 fully saturated rings. The zero-order valence-electron chi connectivity index (χ0n) is 9.69. The summed E-state index contributed by atoms with van der Waals surface area (Å²) >= 11 is 1.84. The van der Waals surface area contributed by atoms with Gasteiger partial charge in [-0.2, -0.15) is 11.8 Å². The summed E-state index contributed by atoms with van der Waals surface area (Å²) < 4.78 is 5.39. The lowest BCUT2D eigenvalue weighted by Crippen LogP contribution is -2.10. The van der Waals surface area contributed by atoms with Crippen LogP contribution in [0.2, 0.25) is 0 Å². The molecule has 1 saturated heterocycles. The van der Waals surface area contributed by atoms with E-state index in [0.29, 0.717) is 5.25 Å². The van der Waals surface area contributed by atoms with Crippen molar-refractivity contribution in [2.75, 3.05) is 5.75 Å². The monoisotopic (exact) mass is 228 g/mol. The van der Waals surface area contributed by atoms with E-state index < -0.39 is 6.10 Å². The fourth-order valence-corrected chi connectivity index (χ4v) is 2.93. The van der Waals surface area contributed by atoms with Crippen LogP contribution in [0.3, 0.4) is 0 Å². The molecule has 2 nitrogen and oxygen atoms in total. The van der Waals surface area contributed by atoms with Gasteiger partial charge in [-0.15, -0.1) is 0 Å². The lowest BCUT2D eigenvalue weighted by Gasteiger charge is -2.13. The molecule has 0 aliphatic carbocycles. The summed E-state index contributed by atoms with van der Waals surface area (Å²) in [5.41, 5.74) is 0. The number of hydrogen-bond acceptors (Lipinski definition) is 3. The highest BCUT2D eigenvalue weighted by Crippen LogP contribution is 2.36. The molecule has 1 N–H and O–H groups in total. The molecule has 0 spiro atoms. The highest BCUT2D eigenvalue weighted by Gasteiger charge is 2.26. The van der Waals surface area contributed by atoms with Crippen LogP contribution in [0.25, 0.3) is 0 Å². The maximum absolute atomic E-state index is 9.92. The second-order valence-corrected chi connectivity index (χ2v) is 4.79. The Hall–Kier alpha value is -0.410. The van der Waals surface area contributed by atoms with Crippen molar-refractivity contribution < 1.29 is 9.52 Å². The number of aryl methyl sites for hydroxylation is 1. The summed E-state index contributed by atoms with van der Waals surface area (Å²) in [6, 6.07) is 3.77. The van der Waals surface area contributed by atoms with Crippen LogP contribution in [0.5, 0.6) is 0 Å². The van der Waals surface area contributed by atoms with E-state index in [0.717, 1.165) is 17.9 Å². The second kappa shape index (κ2) is 6.23. The van der Waals surface area contributed by atoms with Gasteiger partial charge in [0.1, 0.15) is 17.6 Å². The number of thioether (sulfide) groups is 1. The minimum Gasteiger partial charge on any atom is -0.464 e. The Labute approximate surface area is 96.1 Å². The van der Waals surface area contributed by atoms with Gasteiger partial charge in [0.2, 0.25) is 0 Å². The minimum atomic E-state index is -0.416. The molecule has 0 aromatic carbocycles. The summed E-state index contributed by atoms with van der Waals surface area (Å²) in [4.78, 5) is 0. The number of furan rings is 1. The van der Waals surface area contributed by atoms with E-state index in [2.05, 4.69) is 0 Å². The molecule has 86 valence electrons. The van der Waals surface area contributed by atoms with E-state index in [1.165, 1.54) is 12.2 Å². The van der Waals surface area contributed by atoms with Gasteiger partial charge < -0.3 is 9.52 Å². The average Bonchev–Trinajstić information content (AvgIpc) is 2.90. The number of aliphatic hydroxyl groups is 1. The third-order valence-electron chi connectivity index (χ3n) is 2.37. The Kier molecular flexibility index (Phi) is 5.26. The van der Waals surface area contributed by atoms with Crippen LogP contribution in [0, 0.1) is 6.92 Å². The van der Waals surface area contributed by atoms with Crippen molar-refractivity contribution in [3.05, 3.63) is 23.7 Å². The smallest absolute Gasteiger partial charge is 0.133 e. The van der Waals surface area contributed by atoms with Crippen molar-refractivity contribution in [3.8, 4) is 0 Å². The summed E-state index contributed by atoms with van der Waals surface area (Å²) in [5, 5.41) is 10.3. The molecule has 15 heavy (non-hydrogen) atoms. The van der Waals surface area contributed by atoms with Crippen LogP contribution in [0.15, 0.2) is 16.5 Å². The summed E-state index contributed by atoms with van der Waals surface area (Å²) in [6.45, 7) is 5.90. The van der Waals surface area contributed by atoms with Crippen molar-refractivity contribution >= 4 is 11.8 Å². The van der Waals surface area contributed by atoms with Crippen LogP contribution in [0.1, 0.15) is 44.3 Å². The third-order valence-corrected chi connectivity index (χ3v) is 3.82. The Morgan fingerprint density at radius 3 is 2.67 bits per heavy atom. The topological polar surface area (TPSA) is 33.4 Å². The van der Waals surface area contributed by atoms with E-state index in [1.807, 2.05) is 44.7 Å². The predicted molar refractivity (Wildman–Crippen MR) is 65.2 cm³/mol. The first-order valence-corrected chi connectivity index (χ1v) is 6.68. The molecule has 0 saturated carbocycles. The summed E-state index contributed by atoms with van der Waals surface area (Å²) in [7, 11) is 0. The second-order valence-electron chi connectivity index (χ2n) is 3.44. The van der Waals surface area contributed by atoms with E-state index in [1.54, 1.807) is 0 Å². The maximum Gasteiger partial charge on any atom is 0.133 e. The van der Waals surface area contributed by atoms with Crippen molar-refractivity contribution in [1.29, 1.82) is 0 Å². The standard InChI is InChI=1S/C10H14O2S.C2H6/c1-7-4-5-8(12-7)10(11)9-3-2-6-13-9;1-2/h4-5,9-11H,2-3,6H2,1H3;1-2H3. The molecular weight excluding hydrogens is 208 g/mol. The molecule has 2 heterocycles. The van der Waals surface area contributed by atoms with Gasteiger partial charge in [0.25, 0.3) is 0 Å². The Morgan fingerprint density at radius 1 is 1.47 bits per heavy atom. The largest absolute Gasteiger partial charge is 0.464 e. The maximum atomic E-state index is 9.92. The van der Waals surface area contributed by atoms with E-state index in [4.69, 9.17) is 4.42 Å². The summed E-state index contributed by atoms with van der Waals surface area (Å²) in [5.74, 6) is 2.76. The molecule has 3 heteroatoms. The first-order chi connectivity index (χ1) is 7.27. The molecule has 0 amide bonds. The zero-order valence-corrected chi connectivity index (χ0v) is 10.5. The molecule has 1 aromatic rings. The Balaban J connectivity index is 0.000000531. The van der Waals surface area contributed by atoms with Crippen molar-refractivity contribution in [2.24, 2.45) is 0 Å². The normalized spacial score (nSPS) is 22.0. The molecule has 1 aliphatic heterocycles. The van der Waals surface area contributed by atoms with Gasteiger partial charge in [-0.1, -0.05) is 13.8 Å². The molecule has 2 rings (SSSR count). The Bertz CT molecular complexity index is 277. The fraction of sp³-hybridized carbons (Fsp3) is 0.667. The van der Waals surface area contributed by atoms with Gasteiger partial charge in [0.15, 0.2) is 0 Å². The predicted octanol–water partition coefficient (Wildman–Crippen LogP) is 3.54. The SMILES string of the molecule is CC.Cc1ccc(C(O)C2CCCS2)o1. The highest BCUT2D eigenvalue weighted by atomic mass is 32.2. The van der Waals surface area contributed by atoms with Crippen molar-refractivity contribution in [1.82, 2.24) is 0 Å². The van der Waals surface area contributed by atoms with Gasteiger partial charge in [-0.25, -0.2) is 0 Å². The molecule has 2 unspecified atom stereocenters. The van der Waals surface area contributed by atoms with E-state index in [-0.39, 0.29) is 0 Å². The van der Waals surface area contributed by atoms with Gasteiger partial charge in [-0.05, 0) is 37.7 Å². The molecule has 1 aliphatic rings. The van der Waals surface area contributed by atoms with Crippen LogP contribution in [-0.2, 0) is 0 Å². The number of hydrogen-bond donors (Lipinski definition) is 1. The summed E-state index contributed by atoms with van der Waals surface area (Å²) in [6.07, 6.45) is 1.90. The fourth-order valence-electron chi connectivity index (χ4n) is 1.65. The lowest BCUT2D eigenvalue weighted by molar-refractivity contribution is 0.144. The Morgan fingerprint density at radius 2 is 2.20 bits per heavy atom. The van der Waals surface area contributed by atoms with Crippen LogP contribution in [-0.4, -0.2) is 16.1 Å². The lowest BCUT2D eigenvalue weighted by atomic mass is 10.1. The van der Waals surface area contributed by atoms with Crippen LogP contribution in [0.4, 0.5) is 0 Å². The minimum absolute atomic E-state index is 0.338. The van der Waals surface area contributed by atoms with Gasteiger partial charge in [-0.3, -0.25) is 0 Å². The highest BCUT2D eigenvalue weighted by molar-refractivity contribution is 8.00. The quantitative estimate of drug-likeness (QED) is 0.840. The van der Waals surface area contributed by atoms with E-state index in [9.17, 15) is 5.11 Å². The third kappa shape index (κ3) is 3.28. The molecule has 0 bridgehead atoms. The van der Waals surface area contributed by atoms with Crippen molar-refractivity contribution in [2.45, 2.75) is 45.0 Å². The van der Waals surface area contributed by atoms with Crippen LogP contribution < -0.4 is 0 Å².